The van der Waals surface area contributed by atoms with Crippen molar-refractivity contribution in [2.75, 3.05) is 7.05 Å². The molecule has 0 saturated carbocycles. The third kappa shape index (κ3) is 2.02. The van der Waals surface area contributed by atoms with E-state index in [2.05, 4.69) is 18.1 Å². The van der Waals surface area contributed by atoms with Crippen molar-refractivity contribution in [1.29, 1.82) is 0 Å². The van der Waals surface area contributed by atoms with Gasteiger partial charge < -0.3 is 0 Å². The van der Waals surface area contributed by atoms with Crippen molar-refractivity contribution in [3.8, 4) is 0 Å². The molecule has 0 aliphatic carbocycles. The second-order valence-electron chi connectivity index (χ2n) is 4.98. The van der Waals surface area contributed by atoms with Gasteiger partial charge in [-0.15, -0.1) is 12.4 Å². The Bertz CT molecular complexity index is 900. The van der Waals surface area contributed by atoms with Crippen molar-refractivity contribution >= 4 is 52.0 Å². The van der Waals surface area contributed by atoms with Crippen molar-refractivity contribution in [2.45, 2.75) is 0 Å². The number of hydrogen-bond acceptors (Lipinski definition) is 1. The maximum absolute atomic E-state index is 6.57. The minimum atomic E-state index is 0. The van der Waals surface area contributed by atoms with Crippen LogP contribution in [0.15, 0.2) is 53.2 Å². The second-order valence-corrected chi connectivity index (χ2v) is 5.80. The van der Waals surface area contributed by atoms with Gasteiger partial charge in [0.25, 0.3) is 0 Å². The normalized spacial score (nSPS) is 18.4. The first kappa shape index (κ1) is 14.6. The number of fused-ring (bicyclic) bond motifs is 3. The highest BCUT2D eigenvalue weighted by Crippen LogP contribution is 2.36. The molecule has 4 rings (SSSR count). The third-order valence-corrected chi connectivity index (χ3v) is 4.47. The zero-order valence-corrected chi connectivity index (χ0v) is 13.5. The number of nitrogens with zero attached hydrogens (tertiary/aromatic N) is 1. The van der Waals surface area contributed by atoms with Gasteiger partial charge in [0.15, 0.2) is 5.70 Å². The quantitative estimate of drug-likeness (QED) is 0.759. The molecule has 0 amide bonds. The van der Waals surface area contributed by atoms with Crippen LogP contribution in [0.1, 0.15) is 5.56 Å². The average molecular weight is 339 g/mol. The molecule has 1 atom stereocenters. The maximum atomic E-state index is 6.57. The fourth-order valence-electron chi connectivity index (χ4n) is 2.91. The highest BCUT2D eigenvalue weighted by Gasteiger charge is 2.33. The van der Waals surface area contributed by atoms with E-state index in [1.54, 1.807) is 0 Å². The van der Waals surface area contributed by atoms with Crippen molar-refractivity contribution in [3.63, 3.8) is 0 Å². The lowest BCUT2D eigenvalue weighted by Gasteiger charge is -2.23. The summed E-state index contributed by atoms with van der Waals surface area (Å²) in [4.78, 5) is 5.88. The molecule has 0 fully saturated rings. The molecule has 0 spiro atoms. The molecule has 21 heavy (non-hydrogen) atoms. The first-order chi connectivity index (χ1) is 9.66. The van der Waals surface area contributed by atoms with Crippen LogP contribution in [0.5, 0.6) is 0 Å². The highest BCUT2D eigenvalue weighted by molar-refractivity contribution is 6.51. The molecule has 1 unspecified atom stereocenters. The number of hydrogen-bond donors (Lipinski definition) is 1. The van der Waals surface area contributed by atoms with Gasteiger partial charge in [-0.25, -0.2) is 4.99 Å². The van der Waals surface area contributed by atoms with Crippen molar-refractivity contribution < 1.29 is 4.90 Å². The van der Waals surface area contributed by atoms with Crippen LogP contribution in [0, 0.1) is 0 Å². The Morgan fingerprint density at radius 1 is 1.05 bits per heavy atom. The number of nitrogens with one attached hydrogen (secondary N) is 1. The Morgan fingerprint density at radius 2 is 1.81 bits per heavy atom. The Hall–Kier alpha value is -1.32. The molecular formula is C16H12Cl3N2+. The van der Waals surface area contributed by atoms with E-state index in [0.29, 0.717) is 10.1 Å². The summed E-state index contributed by atoms with van der Waals surface area (Å²) < 4.78 is 0. The molecule has 0 aromatic heterocycles. The topological polar surface area (TPSA) is 16.8 Å². The smallest absolute Gasteiger partial charge is 0.173 e. The van der Waals surface area contributed by atoms with Crippen LogP contribution in [0.25, 0.3) is 10.7 Å². The highest BCUT2D eigenvalue weighted by atomic mass is 35.5. The monoisotopic (exact) mass is 337 g/mol. The second kappa shape index (κ2) is 5.15. The number of likely N-dealkylation sites (N-methyl/N-ethyl adjacent to an activating group) is 1. The van der Waals surface area contributed by atoms with Gasteiger partial charge in [-0.05, 0) is 24.3 Å². The van der Waals surface area contributed by atoms with Gasteiger partial charge in [0.1, 0.15) is 11.4 Å². The maximum Gasteiger partial charge on any atom is 0.173 e. The Morgan fingerprint density at radius 3 is 2.62 bits per heavy atom. The predicted molar refractivity (Wildman–Crippen MR) is 88.7 cm³/mol. The molecule has 0 bridgehead atoms. The molecule has 5 heteroatoms. The van der Waals surface area contributed by atoms with Crippen LogP contribution in [-0.2, 0) is 0 Å². The molecule has 1 N–H and O–H groups in total. The molecule has 0 saturated heterocycles. The fraction of sp³-hybridized carbons (Fsp3) is 0.0625. The first-order valence-electron chi connectivity index (χ1n) is 6.39. The van der Waals surface area contributed by atoms with E-state index < -0.39 is 0 Å². The predicted octanol–water partition coefficient (Wildman–Crippen LogP) is 2.27. The summed E-state index contributed by atoms with van der Waals surface area (Å²) in [6.45, 7) is 0. The van der Waals surface area contributed by atoms with Crippen molar-refractivity contribution in [3.05, 3.63) is 69.3 Å². The van der Waals surface area contributed by atoms with Gasteiger partial charge in [-0.3, -0.25) is 4.90 Å². The van der Waals surface area contributed by atoms with Gasteiger partial charge in [0.2, 0.25) is 0 Å². The fourth-order valence-corrected chi connectivity index (χ4v) is 3.38. The zero-order chi connectivity index (χ0) is 13.9. The number of rotatable bonds is 0. The lowest BCUT2D eigenvalue weighted by Crippen LogP contribution is -3.02. The van der Waals surface area contributed by atoms with Crippen LogP contribution >= 0.6 is 35.6 Å². The molecule has 2 aliphatic heterocycles. The summed E-state index contributed by atoms with van der Waals surface area (Å²) >= 11 is 12.7. The molecule has 2 heterocycles. The van der Waals surface area contributed by atoms with E-state index in [1.165, 1.54) is 4.90 Å². The van der Waals surface area contributed by atoms with Crippen LogP contribution in [0.4, 0.5) is 5.69 Å². The number of halogens is 3. The van der Waals surface area contributed by atoms with Gasteiger partial charge in [0, 0.05) is 11.1 Å². The van der Waals surface area contributed by atoms with E-state index in [-0.39, 0.29) is 12.4 Å². The van der Waals surface area contributed by atoms with Crippen molar-refractivity contribution in [1.82, 2.24) is 0 Å². The summed E-state index contributed by atoms with van der Waals surface area (Å²) in [5.74, 6) is 0. The van der Waals surface area contributed by atoms with E-state index >= 15 is 0 Å². The van der Waals surface area contributed by atoms with E-state index in [4.69, 9.17) is 23.2 Å². The zero-order valence-electron chi connectivity index (χ0n) is 11.2. The van der Waals surface area contributed by atoms with Crippen LogP contribution in [-0.4, -0.2) is 7.05 Å². The Labute approximate surface area is 138 Å². The van der Waals surface area contributed by atoms with Crippen LogP contribution < -0.4 is 15.5 Å². The minimum absolute atomic E-state index is 0. The molecule has 2 aromatic carbocycles. The molecule has 2 aromatic rings. The minimum Gasteiger partial charge on any atom is -0.270 e. The van der Waals surface area contributed by atoms with Crippen molar-refractivity contribution in [2.24, 2.45) is 4.99 Å². The first-order valence-corrected chi connectivity index (χ1v) is 7.15. The summed E-state index contributed by atoms with van der Waals surface area (Å²) in [6.07, 6.45) is 0. The van der Waals surface area contributed by atoms with Gasteiger partial charge >= 0.3 is 0 Å². The van der Waals surface area contributed by atoms with Gasteiger partial charge in [-0.2, -0.15) is 0 Å². The lowest BCUT2D eigenvalue weighted by atomic mass is 10.0. The Kier molecular flexibility index (Phi) is 3.58. The number of benzene rings is 2. The van der Waals surface area contributed by atoms with E-state index in [1.807, 2.05) is 36.4 Å². The van der Waals surface area contributed by atoms with Gasteiger partial charge in [-0.1, -0.05) is 35.3 Å². The lowest BCUT2D eigenvalue weighted by molar-refractivity contribution is -0.728. The molecule has 0 radical (unpaired) electrons. The van der Waals surface area contributed by atoms with Crippen LogP contribution in [0.3, 0.4) is 0 Å². The molecule has 2 aliphatic rings. The van der Waals surface area contributed by atoms with Gasteiger partial charge in [0.05, 0.1) is 28.2 Å². The summed E-state index contributed by atoms with van der Waals surface area (Å²) in [5, 5.41) is 3.50. The number of para-hydroxylation sites is 1. The summed E-state index contributed by atoms with van der Waals surface area (Å²) in [5.41, 5.74) is 4.09. The standard InChI is InChI=1S/C16H10Cl2N2.ClH/c1-20-13-7-6-9(17)8-11(13)14(18)15-16(20)10-4-2-3-5-12(10)19-15;/h2-8H,1H3;1H/p+1. The summed E-state index contributed by atoms with van der Waals surface area (Å²) in [7, 11) is 2.11. The average Bonchev–Trinajstić information content (AvgIpc) is 2.84. The summed E-state index contributed by atoms with van der Waals surface area (Å²) in [6, 6.07) is 14.0. The van der Waals surface area contributed by atoms with E-state index in [9.17, 15) is 0 Å². The third-order valence-electron chi connectivity index (χ3n) is 3.85. The SMILES string of the molecule is C[NH+]1C2=c3ccccc3=NC2=C(Cl)c2cc(Cl)ccc21.Cl. The van der Waals surface area contributed by atoms with E-state index in [0.717, 1.165) is 33.2 Å². The number of quaternary nitrogens is 1. The molecule has 106 valence electrons. The van der Waals surface area contributed by atoms with Crippen LogP contribution in [0.2, 0.25) is 5.02 Å². The molecule has 2 nitrogen and oxygen atoms in total. The largest absolute Gasteiger partial charge is 0.270 e. The molecular weight excluding hydrogens is 327 g/mol. The Balaban J connectivity index is 0.00000132.